The number of ketones is 1. The zero-order valence-electron chi connectivity index (χ0n) is 17.5. The highest BCUT2D eigenvalue weighted by Crippen LogP contribution is 2.65. The third-order valence-corrected chi connectivity index (χ3v) is 7.78. The number of benzene rings is 2. The van der Waals surface area contributed by atoms with Crippen molar-refractivity contribution in [3.05, 3.63) is 76.8 Å². The number of ether oxygens (including phenoxy) is 1. The number of hydrogen-bond donors (Lipinski definition) is 0. The van der Waals surface area contributed by atoms with Crippen molar-refractivity contribution in [3.8, 4) is 0 Å². The van der Waals surface area contributed by atoms with Crippen LogP contribution in [-0.4, -0.2) is 30.2 Å². The van der Waals surface area contributed by atoms with Gasteiger partial charge in [0.25, 0.3) is 0 Å². The largest absolute Gasteiger partial charge is 0.454 e. The van der Waals surface area contributed by atoms with Gasteiger partial charge in [0, 0.05) is 10.6 Å². The molecule has 0 spiro atoms. The number of esters is 1. The van der Waals surface area contributed by atoms with E-state index < -0.39 is 12.6 Å². The van der Waals surface area contributed by atoms with Gasteiger partial charge in [0.2, 0.25) is 11.8 Å². The van der Waals surface area contributed by atoms with Gasteiger partial charge in [0.15, 0.2) is 12.4 Å². The first-order valence-electron chi connectivity index (χ1n) is 11.1. The summed E-state index contributed by atoms with van der Waals surface area (Å²) in [5.41, 5.74) is 1.10. The average Bonchev–Trinajstić information content (AvgIpc) is 3.61. The zero-order chi connectivity index (χ0) is 22.9. The van der Waals surface area contributed by atoms with E-state index in [4.69, 9.17) is 16.3 Å². The van der Waals surface area contributed by atoms with Crippen LogP contribution in [-0.2, 0) is 14.3 Å². The number of halogens is 1. The number of hydrogen-bond acceptors (Lipinski definition) is 5. The molecule has 2 saturated carbocycles. The molecule has 7 heteroatoms. The first-order chi connectivity index (χ1) is 15.9. The van der Waals surface area contributed by atoms with Crippen molar-refractivity contribution in [2.24, 2.45) is 35.5 Å². The molecule has 0 N–H and O–H groups in total. The van der Waals surface area contributed by atoms with Crippen molar-refractivity contribution in [3.63, 3.8) is 0 Å². The van der Waals surface area contributed by atoms with E-state index in [2.05, 4.69) is 12.2 Å². The number of allylic oxidation sites excluding steroid dienone is 2. The molecule has 2 bridgehead atoms. The summed E-state index contributed by atoms with van der Waals surface area (Å²) in [6, 6.07) is 12.5. The first-order valence-corrected chi connectivity index (χ1v) is 11.4. The fourth-order valence-corrected chi connectivity index (χ4v) is 6.02. The lowest BCUT2D eigenvalue weighted by Crippen LogP contribution is -2.40. The monoisotopic (exact) mass is 461 g/mol. The SMILES string of the molecule is O=C(COC(=O)c1ccc(N2C(=O)C3C4C=CC(C5CC45)C3C2=O)cc1)c1ccc(Cl)cc1. The van der Waals surface area contributed by atoms with Crippen LogP contribution in [0.1, 0.15) is 27.1 Å². The number of imide groups is 1. The minimum Gasteiger partial charge on any atom is -0.454 e. The fraction of sp³-hybridized carbons (Fsp3) is 0.308. The van der Waals surface area contributed by atoms with Crippen LogP contribution in [0.25, 0.3) is 0 Å². The fourth-order valence-electron chi connectivity index (χ4n) is 5.89. The highest BCUT2D eigenvalue weighted by atomic mass is 35.5. The number of carbonyl (C=O) groups excluding carboxylic acids is 4. The molecule has 2 aromatic rings. The molecule has 3 fully saturated rings. The van der Waals surface area contributed by atoms with E-state index >= 15 is 0 Å². The molecule has 6 nitrogen and oxygen atoms in total. The lowest BCUT2D eigenvalue weighted by molar-refractivity contribution is -0.124. The zero-order valence-corrected chi connectivity index (χ0v) is 18.3. The molecule has 5 aliphatic rings. The van der Waals surface area contributed by atoms with Crippen LogP contribution in [0, 0.1) is 35.5 Å². The molecule has 33 heavy (non-hydrogen) atoms. The number of rotatable bonds is 5. The summed E-state index contributed by atoms with van der Waals surface area (Å²) in [6.07, 6.45) is 5.39. The Kier molecular flexibility index (Phi) is 4.56. The smallest absolute Gasteiger partial charge is 0.338 e. The minimum absolute atomic E-state index is 0.140. The Balaban J connectivity index is 1.14. The van der Waals surface area contributed by atoms with E-state index in [-0.39, 0.29) is 46.8 Å². The molecule has 6 unspecified atom stereocenters. The van der Waals surface area contributed by atoms with Gasteiger partial charge in [0.1, 0.15) is 0 Å². The van der Waals surface area contributed by atoms with Crippen molar-refractivity contribution in [1.82, 2.24) is 0 Å². The molecule has 1 saturated heterocycles. The van der Waals surface area contributed by atoms with Gasteiger partial charge in [-0.15, -0.1) is 0 Å². The molecular weight excluding hydrogens is 442 g/mol. The van der Waals surface area contributed by atoms with Gasteiger partial charge in [-0.2, -0.15) is 0 Å². The quantitative estimate of drug-likeness (QED) is 0.291. The Morgan fingerprint density at radius 1 is 0.848 bits per heavy atom. The summed E-state index contributed by atoms with van der Waals surface area (Å²) >= 11 is 5.82. The first kappa shape index (κ1) is 20.4. The van der Waals surface area contributed by atoms with E-state index in [0.717, 1.165) is 6.42 Å². The van der Waals surface area contributed by atoms with E-state index in [1.54, 1.807) is 36.4 Å². The molecule has 1 aliphatic heterocycles. The second kappa shape index (κ2) is 7.39. The average molecular weight is 462 g/mol. The van der Waals surface area contributed by atoms with Crippen LogP contribution in [0.4, 0.5) is 5.69 Å². The van der Waals surface area contributed by atoms with Gasteiger partial charge in [-0.3, -0.25) is 19.3 Å². The van der Waals surface area contributed by atoms with Crippen molar-refractivity contribution in [1.29, 1.82) is 0 Å². The molecule has 0 radical (unpaired) electrons. The number of anilines is 1. The van der Waals surface area contributed by atoms with Gasteiger partial charge in [-0.25, -0.2) is 4.79 Å². The number of carbonyl (C=O) groups is 4. The maximum absolute atomic E-state index is 13.2. The Bertz CT molecular complexity index is 1180. The summed E-state index contributed by atoms with van der Waals surface area (Å²) < 4.78 is 5.14. The standard InChI is InChI=1S/C26H20ClNO5/c27-15-5-1-13(2-6-15)21(29)12-33-26(32)14-3-7-16(8-4-14)28-24(30)22-17-9-10-18(20-11-19(17)20)23(22)25(28)31/h1-10,17-20,22-23H,11-12H2. The maximum atomic E-state index is 13.2. The van der Waals surface area contributed by atoms with Crippen LogP contribution in [0.15, 0.2) is 60.7 Å². The maximum Gasteiger partial charge on any atom is 0.338 e. The third-order valence-electron chi connectivity index (χ3n) is 7.52. The van der Waals surface area contributed by atoms with Gasteiger partial charge in [0.05, 0.1) is 23.1 Å². The summed E-state index contributed by atoms with van der Waals surface area (Å²) in [7, 11) is 0. The Labute approximate surface area is 195 Å². The van der Waals surface area contributed by atoms with Gasteiger partial charge >= 0.3 is 5.97 Å². The van der Waals surface area contributed by atoms with Gasteiger partial charge in [-0.05, 0) is 78.6 Å². The Hall–Kier alpha value is -3.25. The predicted molar refractivity (Wildman–Crippen MR) is 120 cm³/mol. The molecular formula is C26H20ClNO5. The summed E-state index contributed by atoms with van der Waals surface area (Å²) in [5, 5.41) is 0.513. The predicted octanol–water partition coefficient (Wildman–Crippen LogP) is 3.94. The molecule has 166 valence electrons. The van der Waals surface area contributed by atoms with E-state index in [1.165, 1.54) is 17.0 Å². The van der Waals surface area contributed by atoms with Crippen LogP contribution in [0.2, 0.25) is 5.02 Å². The molecule has 7 rings (SSSR count). The third kappa shape index (κ3) is 3.16. The molecule has 0 aromatic heterocycles. The van der Waals surface area contributed by atoms with Crippen LogP contribution < -0.4 is 4.90 Å². The molecule has 6 atom stereocenters. The normalized spacial score (nSPS) is 30.8. The number of Topliss-reactive ketones (excluding diaryl/α,β-unsaturated/α-hetero) is 1. The van der Waals surface area contributed by atoms with Crippen molar-refractivity contribution in [2.75, 3.05) is 11.5 Å². The van der Waals surface area contributed by atoms with Crippen LogP contribution >= 0.6 is 11.6 Å². The van der Waals surface area contributed by atoms with Gasteiger partial charge < -0.3 is 4.74 Å². The topological polar surface area (TPSA) is 80.8 Å². The number of amides is 2. The van der Waals surface area contributed by atoms with Crippen molar-refractivity contribution >= 4 is 40.9 Å². The molecule has 2 amide bonds. The highest BCUT2D eigenvalue weighted by molar-refractivity contribution is 6.30. The molecule has 4 aliphatic carbocycles. The summed E-state index contributed by atoms with van der Waals surface area (Å²) in [5.74, 6) is -0.376. The van der Waals surface area contributed by atoms with Crippen LogP contribution in [0.3, 0.4) is 0 Å². The molecule has 2 aromatic carbocycles. The van der Waals surface area contributed by atoms with Crippen molar-refractivity contribution < 1.29 is 23.9 Å². The minimum atomic E-state index is -0.654. The molecule has 1 heterocycles. The Morgan fingerprint density at radius 3 is 1.97 bits per heavy atom. The summed E-state index contributed by atoms with van der Waals surface area (Å²) in [4.78, 5) is 52.2. The lowest BCUT2D eigenvalue weighted by Gasteiger charge is -2.37. The van der Waals surface area contributed by atoms with E-state index in [0.29, 0.717) is 28.1 Å². The van der Waals surface area contributed by atoms with Crippen LogP contribution in [0.5, 0.6) is 0 Å². The summed E-state index contributed by atoms with van der Waals surface area (Å²) in [6.45, 7) is -0.396. The highest BCUT2D eigenvalue weighted by Gasteiger charge is 2.67. The second-order valence-corrected chi connectivity index (χ2v) is 9.66. The number of nitrogens with zero attached hydrogens (tertiary/aromatic N) is 1. The lowest BCUT2D eigenvalue weighted by atomic mass is 9.63. The Morgan fingerprint density at radius 2 is 1.39 bits per heavy atom. The van der Waals surface area contributed by atoms with Gasteiger partial charge in [-0.1, -0.05) is 23.8 Å². The second-order valence-electron chi connectivity index (χ2n) is 9.22. The van der Waals surface area contributed by atoms with Crippen molar-refractivity contribution in [2.45, 2.75) is 6.42 Å². The van der Waals surface area contributed by atoms with E-state index in [9.17, 15) is 19.2 Å². The van der Waals surface area contributed by atoms with E-state index in [1.807, 2.05) is 0 Å².